The molecule has 0 bridgehead atoms. The molecular formula is C23H52N2. The molecule has 0 atom stereocenters. The van der Waals surface area contributed by atoms with Crippen LogP contribution in [-0.4, -0.2) is 13.1 Å². The van der Waals surface area contributed by atoms with Gasteiger partial charge < -0.3 is 11.5 Å². The third-order valence-electron chi connectivity index (χ3n) is 4.87. The Hall–Kier alpha value is -0.0800. The van der Waals surface area contributed by atoms with Gasteiger partial charge in [-0.2, -0.15) is 0 Å². The SMILES string of the molecule is CCCCCCCCCCCCCN.CCCCCCCCCCN. The number of hydrogen-bond acceptors (Lipinski definition) is 2. The van der Waals surface area contributed by atoms with E-state index in [2.05, 4.69) is 13.8 Å². The Morgan fingerprint density at radius 3 is 0.720 bits per heavy atom. The van der Waals surface area contributed by atoms with Crippen molar-refractivity contribution in [1.29, 1.82) is 0 Å². The molecule has 0 saturated heterocycles. The second-order valence-corrected chi connectivity index (χ2v) is 7.59. The lowest BCUT2D eigenvalue weighted by atomic mass is 10.1. The molecule has 0 unspecified atom stereocenters. The first kappa shape index (κ1) is 27.1. The maximum Gasteiger partial charge on any atom is -0.00773 e. The molecular weight excluding hydrogens is 304 g/mol. The molecule has 0 aliphatic rings. The number of unbranched alkanes of at least 4 members (excludes halogenated alkanes) is 17. The van der Waals surface area contributed by atoms with E-state index in [1.165, 1.54) is 122 Å². The van der Waals surface area contributed by atoms with Gasteiger partial charge in [0.25, 0.3) is 0 Å². The molecule has 0 radical (unpaired) electrons. The van der Waals surface area contributed by atoms with Crippen LogP contribution in [0.25, 0.3) is 0 Å². The average molecular weight is 357 g/mol. The van der Waals surface area contributed by atoms with Crippen LogP contribution in [0.2, 0.25) is 0 Å². The van der Waals surface area contributed by atoms with Crippen molar-refractivity contribution in [2.24, 2.45) is 11.5 Å². The maximum absolute atomic E-state index is 5.44. The maximum atomic E-state index is 5.44. The summed E-state index contributed by atoms with van der Waals surface area (Å²) in [6.45, 7) is 6.28. The summed E-state index contributed by atoms with van der Waals surface area (Å²) in [6.07, 6.45) is 26.4. The van der Waals surface area contributed by atoms with Gasteiger partial charge >= 0.3 is 0 Å². The summed E-state index contributed by atoms with van der Waals surface area (Å²) < 4.78 is 0. The Kier molecular flexibility index (Phi) is 31.2. The van der Waals surface area contributed by atoms with Gasteiger partial charge in [-0.25, -0.2) is 0 Å². The molecule has 4 N–H and O–H groups in total. The molecule has 0 aromatic heterocycles. The lowest BCUT2D eigenvalue weighted by molar-refractivity contribution is 0.551. The van der Waals surface area contributed by atoms with Crippen molar-refractivity contribution < 1.29 is 0 Å². The molecule has 0 aliphatic carbocycles. The van der Waals surface area contributed by atoms with E-state index in [0.717, 1.165) is 13.1 Å². The predicted molar refractivity (Wildman–Crippen MR) is 117 cm³/mol. The molecule has 0 spiro atoms. The van der Waals surface area contributed by atoms with E-state index in [1.54, 1.807) is 0 Å². The van der Waals surface area contributed by atoms with Crippen LogP contribution in [0.4, 0.5) is 0 Å². The van der Waals surface area contributed by atoms with Crippen molar-refractivity contribution in [2.45, 2.75) is 136 Å². The quantitative estimate of drug-likeness (QED) is 0.238. The summed E-state index contributed by atoms with van der Waals surface area (Å²) in [7, 11) is 0. The van der Waals surface area contributed by atoms with Crippen LogP contribution >= 0.6 is 0 Å². The Morgan fingerprint density at radius 1 is 0.320 bits per heavy atom. The Morgan fingerprint density at radius 2 is 0.520 bits per heavy atom. The van der Waals surface area contributed by atoms with Crippen molar-refractivity contribution in [3.63, 3.8) is 0 Å². The van der Waals surface area contributed by atoms with E-state index in [0.29, 0.717) is 0 Å². The zero-order valence-corrected chi connectivity index (χ0v) is 18.0. The van der Waals surface area contributed by atoms with Gasteiger partial charge in [0.15, 0.2) is 0 Å². The third-order valence-corrected chi connectivity index (χ3v) is 4.87. The molecule has 0 amide bonds. The molecule has 2 nitrogen and oxygen atoms in total. The van der Waals surface area contributed by atoms with Gasteiger partial charge in [-0.3, -0.25) is 0 Å². The van der Waals surface area contributed by atoms with E-state index in [9.17, 15) is 0 Å². The fourth-order valence-electron chi connectivity index (χ4n) is 3.09. The largest absolute Gasteiger partial charge is 0.330 e. The molecule has 0 aromatic carbocycles. The second-order valence-electron chi connectivity index (χ2n) is 7.59. The summed E-state index contributed by atoms with van der Waals surface area (Å²) in [5.74, 6) is 0. The zero-order valence-electron chi connectivity index (χ0n) is 18.0. The van der Waals surface area contributed by atoms with E-state index in [4.69, 9.17) is 11.5 Å². The van der Waals surface area contributed by atoms with E-state index < -0.39 is 0 Å². The lowest BCUT2D eigenvalue weighted by Crippen LogP contribution is -1.97. The standard InChI is InChI=1S/C13H29N.C10H23N/c1-2-3-4-5-6-7-8-9-10-11-12-13-14;1-2-3-4-5-6-7-8-9-10-11/h2-14H2,1H3;2-11H2,1H3. The third kappa shape index (κ3) is 32.1. The molecule has 25 heavy (non-hydrogen) atoms. The highest BCUT2D eigenvalue weighted by atomic mass is 14.5. The van der Waals surface area contributed by atoms with Gasteiger partial charge in [0.05, 0.1) is 0 Å². The predicted octanol–water partition coefficient (Wildman–Crippen LogP) is 7.34. The minimum atomic E-state index is 0.870. The topological polar surface area (TPSA) is 52.0 Å². The van der Waals surface area contributed by atoms with Crippen molar-refractivity contribution in [3.05, 3.63) is 0 Å². The van der Waals surface area contributed by atoms with Crippen LogP contribution in [0.1, 0.15) is 136 Å². The molecule has 154 valence electrons. The smallest absolute Gasteiger partial charge is 0.00773 e. The minimum Gasteiger partial charge on any atom is -0.330 e. The lowest BCUT2D eigenvalue weighted by Gasteiger charge is -2.01. The summed E-state index contributed by atoms with van der Waals surface area (Å²) in [6, 6.07) is 0. The molecule has 0 aliphatic heterocycles. The van der Waals surface area contributed by atoms with Gasteiger partial charge in [-0.15, -0.1) is 0 Å². The van der Waals surface area contributed by atoms with Crippen LogP contribution < -0.4 is 11.5 Å². The Labute approximate surface area is 160 Å². The summed E-state index contributed by atoms with van der Waals surface area (Å²) >= 11 is 0. The van der Waals surface area contributed by atoms with Gasteiger partial charge in [0.1, 0.15) is 0 Å². The highest BCUT2D eigenvalue weighted by molar-refractivity contribution is 4.48. The van der Waals surface area contributed by atoms with Crippen molar-refractivity contribution >= 4 is 0 Å². The van der Waals surface area contributed by atoms with Crippen molar-refractivity contribution in [1.82, 2.24) is 0 Å². The summed E-state index contributed by atoms with van der Waals surface area (Å²) in [5, 5.41) is 0. The van der Waals surface area contributed by atoms with Crippen molar-refractivity contribution in [3.8, 4) is 0 Å². The first-order valence-electron chi connectivity index (χ1n) is 11.7. The second kappa shape index (κ2) is 28.7. The monoisotopic (exact) mass is 356 g/mol. The molecule has 0 rings (SSSR count). The van der Waals surface area contributed by atoms with Gasteiger partial charge in [-0.1, -0.05) is 123 Å². The minimum absolute atomic E-state index is 0.870. The van der Waals surface area contributed by atoms with Crippen LogP contribution in [0.5, 0.6) is 0 Å². The highest BCUT2D eigenvalue weighted by Gasteiger charge is 1.92. The fraction of sp³-hybridized carbons (Fsp3) is 1.00. The number of hydrogen-bond donors (Lipinski definition) is 2. The highest BCUT2D eigenvalue weighted by Crippen LogP contribution is 2.11. The summed E-state index contributed by atoms with van der Waals surface area (Å²) in [5.41, 5.74) is 10.8. The van der Waals surface area contributed by atoms with Gasteiger partial charge in [-0.05, 0) is 25.9 Å². The first-order chi connectivity index (χ1) is 12.3. The molecule has 0 aromatic rings. The molecule has 2 heteroatoms. The number of nitrogens with two attached hydrogens (primary N) is 2. The van der Waals surface area contributed by atoms with E-state index in [1.807, 2.05) is 0 Å². The Balaban J connectivity index is 0. The van der Waals surface area contributed by atoms with Gasteiger partial charge in [0, 0.05) is 0 Å². The normalized spacial score (nSPS) is 10.6. The average Bonchev–Trinajstić information content (AvgIpc) is 2.63. The van der Waals surface area contributed by atoms with Gasteiger partial charge in [0.2, 0.25) is 0 Å². The fourth-order valence-corrected chi connectivity index (χ4v) is 3.09. The van der Waals surface area contributed by atoms with E-state index >= 15 is 0 Å². The number of rotatable bonds is 19. The van der Waals surface area contributed by atoms with Crippen LogP contribution in [0.15, 0.2) is 0 Å². The zero-order chi connectivity index (χ0) is 18.8. The van der Waals surface area contributed by atoms with Crippen LogP contribution in [-0.2, 0) is 0 Å². The molecule has 0 fully saturated rings. The first-order valence-corrected chi connectivity index (χ1v) is 11.7. The molecule has 0 heterocycles. The summed E-state index contributed by atoms with van der Waals surface area (Å²) in [4.78, 5) is 0. The Bertz CT molecular complexity index is 175. The molecule has 0 saturated carbocycles. The van der Waals surface area contributed by atoms with Crippen LogP contribution in [0.3, 0.4) is 0 Å². The van der Waals surface area contributed by atoms with E-state index in [-0.39, 0.29) is 0 Å². The van der Waals surface area contributed by atoms with Crippen LogP contribution in [0, 0.1) is 0 Å². The van der Waals surface area contributed by atoms with Crippen molar-refractivity contribution in [2.75, 3.05) is 13.1 Å².